The second kappa shape index (κ2) is 17.3. The molecule has 4 aromatic carbocycles. The highest BCUT2D eigenvalue weighted by Gasteiger charge is 2.25. The van der Waals surface area contributed by atoms with Crippen LogP contribution in [0.3, 0.4) is 0 Å². The molecule has 0 radical (unpaired) electrons. The lowest BCUT2D eigenvalue weighted by molar-refractivity contribution is -0.119. The van der Waals surface area contributed by atoms with Crippen molar-refractivity contribution in [1.29, 1.82) is 0 Å². The van der Waals surface area contributed by atoms with E-state index in [0.717, 1.165) is 63.7 Å². The summed E-state index contributed by atoms with van der Waals surface area (Å²) in [6, 6.07) is 37.7. The van der Waals surface area contributed by atoms with Crippen LogP contribution in [0.25, 0.3) is 0 Å². The summed E-state index contributed by atoms with van der Waals surface area (Å²) in [5.74, 6) is 0.432. The normalized spacial score (nSPS) is 15.4. The lowest BCUT2D eigenvalue weighted by atomic mass is 9.86. The Kier molecular flexibility index (Phi) is 12.7. The van der Waals surface area contributed by atoms with E-state index in [9.17, 15) is 13.2 Å². The van der Waals surface area contributed by atoms with Crippen LogP contribution in [0.2, 0.25) is 0 Å². The molecule has 0 bridgehead atoms. The van der Waals surface area contributed by atoms with Crippen LogP contribution in [-0.2, 0) is 27.7 Å². The van der Waals surface area contributed by atoms with Crippen molar-refractivity contribution in [3.05, 3.63) is 131 Å². The number of rotatable bonds is 17. The van der Waals surface area contributed by atoms with Gasteiger partial charge < -0.3 is 4.90 Å². The van der Waals surface area contributed by atoms with Crippen molar-refractivity contribution in [3.8, 4) is 0 Å². The summed E-state index contributed by atoms with van der Waals surface area (Å²) < 4.78 is 28.0. The molecule has 1 aliphatic rings. The highest BCUT2D eigenvalue weighted by atomic mass is 32.2. The minimum atomic E-state index is -3.88. The number of unbranched alkanes of at least 4 members (excludes halogenated alkanes) is 5. The average molecular weight is 651 g/mol. The number of carbonyl (C=O) groups is 1. The van der Waals surface area contributed by atoms with Crippen molar-refractivity contribution in [2.45, 2.75) is 94.3 Å². The predicted molar refractivity (Wildman–Crippen MR) is 193 cm³/mol. The van der Waals surface area contributed by atoms with Crippen LogP contribution in [0.1, 0.15) is 98.8 Å². The van der Waals surface area contributed by atoms with E-state index in [4.69, 9.17) is 0 Å². The quantitative estimate of drug-likeness (QED) is 0.116. The van der Waals surface area contributed by atoms with E-state index in [1.54, 1.807) is 12.1 Å². The number of benzene rings is 4. The van der Waals surface area contributed by atoms with Gasteiger partial charge in [0, 0.05) is 31.1 Å². The second-order valence-electron chi connectivity index (χ2n) is 13.1. The van der Waals surface area contributed by atoms with Gasteiger partial charge in [-0.1, -0.05) is 124 Å². The van der Waals surface area contributed by atoms with Gasteiger partial charge >= 0.3 is 0 Å². The highest BCUT2D eigenvalue weighted by Crippen LogP contribution is 2.33. The molecule has 1 amide bonds. The molecule has 0 spiro atoms. The van der Waals surface area contributed by atoms with Crippen molar-refractivity contribution >= 4 is 21.6 Å². The third kappa shape index (κ3) is 10.3. The fraction of sp³-hybridized carbons (Fsp3) is 0.390. The second-order valence-corrected chi connectivity index (χ2v) is 14.7. The van der Waals surface area contributed by atoms with Crippen LogP contribution in [0.5, 0.6) is 0 Å². The van der Waals surface area contributed by atoms with Gasteiger partial charge in [0.2, 0.25) is 5.91 Å². The maximum absolute atomic E-state index is 12.9. The Bertz CT molecular complexity index is 1640. The maximum Gasteiger partial charge on any atom is 0.264 e. The molecule has 2 unspecified atom stereocenters. The van der Waals surface area contributed by atoms with E-state index in [-0.39, 0.29) is 11.3 Å². The Morgan fingerprint density at radius 3 is 2.23 bits per heavy atom. The lowest BCUT2D eigenvalue weighted by Crippen LogP contribution is -2.30. The summed E-state index contributed by atoms with van der Waals surface area (Å²) in [5.41, 5.74) is 6.52. The molecule has 6 heteroatoms. The third-order valence-corrected chi connectivity index (χ3v) is 10.9. The van der Waals surface area contributed by atoms with E-state index in [1.165, 1.54) is 35.1 Å². The molecule has 2 atom stereocenters. The number of hydrogen-bond donors (Lipinski definition) is 1. The number of hydrogen-bond acceptors (Lipinski definition) is 4. The first-order valence-corrected chi connectivity index (χ1v) is 19.0. The van der Waals surface area contributed by atoms with E-state index in [2.05, 4.69) is 101 Å². The topological polar surface area (TPSA) is 66.5 Å². The van der Waals surface area contributed by atoms with Crippen LogP contribution in [-0.4, -0.2) is 27.4 Å². The zero-order valence-electron chi connectivity index (χ0n) is 27.8. The molecular weight excluding hydrogens is 601 g/mol. The first kappa shape index (κ1) is 34.4. The molecule has 0 aromatic heterocycles. The van der Waals surface area contributed by atoms with E-state index in [1.807, 2.05) is 12.1 Å². The first-order chi connectivity index (χ1) is 22.9. The largest absolute Gasteiger partial charge is 0.371 e. The monoisotopic (exact) mass is 650 g/mol. The van der Waals surface area contributed by atoms with Crippen LogP contribution >= 0.6 is 0 Å². The molecule has 0 aliphatic carbocycles. The Hall–Kier alpha value is -3.90. The number of sulfonamides is 1. The van der Waals surface area contributed by atoms with Gasteiger partial charge in [0.25, 0.3) is 10.0 Å². The van der Waals surface area contributed by atoms with Gasteiger partial charge in [-0.2, -0.15) is 0 Å². The molecule has 5 nitrogen and oxygen atoms in total. The van der Waals surface area contributed by atoms with Gasteiger partial charge in [-0.3, -0.25) is 4.79 Å². The van der Waals surface area contributed by atoms with Gasteiger partial charge in [0.05, 0.1) is 4.90 Å². The van der Waals surface area contributed by atoms with Crippen molar-refractivity contribution in [2.75, 3.05) is 18.0 Å². The summed E-state index contributed by atoms with van der Waals surface area (Å²) in [5, 5.41) is 0. The standard InChI is InChI=1S/C41H50N2O3S/c1-2-3-4-5-6-13-21-41(44)42-47(45,46)40-26-24-39(25-27-40)43-29-28-38(32-43)36-20-14-17-34(30-36)31-37(35-18-11-8-12-19-35)23-22-33-15-9-7-10-16-33/h7-12,14-20,24-27,30,37-38H,2-6,13,21-23,28-29,31-32H2,1H3,(H,42,44). The first-order valence-electron chi connectivity index (χ1n) is 17.5. The molecule has 4 aromatic rings. The van der Waals surface area contributed by atoms with Crippen molar-refractivity contribution in [2.24, 2.45) is 0 Å². The van der Waals surface area contributed by atoms with Crippen molar-refractivity contribution < 1.29 is 13.2 Å². The van der Waals surface area contributed by atoms with Gasteiger partial charge in [0.1, 0.15) is 0 Å². The highest BCUT2D eigenvalue weighted by molar-refractivity contribution is 7.90. The summed E-state index contributed by atoms with van der Waals surface area (Å²) in [4.78, 5) is 14.8. The number of nitrogens with zero attached hydrogens (tertiary/aromatic N) is 1. The number of carbonyl (C=O) groups excluding carboxylic acids is 1. The van der Waals surface area contributed by atoms with Gasteiger partial charge in [-0.05, 0) is 84.5 Å². The zero-order chi connectivity index (χ0) is 32.9. The molecule has 5 rings (SSSR count). The fourth-order valence-electron chi connectivity index (χ4n) is 6.78. The molecule has 1 heterocycles. The van der Waals surface area contributed by atoms with Crippen LogP contribution in [0.15, 0.2) is 114 Å². The van der Waals surface area contributed by atoms with Gasteiger partial charge in [0.15, 0.2) is 0 Å². The summed E-state index contributed by atoms with van der Waals surface area (Å²) in [6.07, 6.45) is 10.7. The number of nitrogens with one attached hydrogen (secondary N) is 1. The average Bonchev–Trinajstić information content (AvgIpc) is 3.60. The fourth-order valence-corrected chi connectivity index (χ4v) is 7.80. The van der Waals surface area contributed by atoms with Crippen LogP contribution in [0, 0.1) is 0 Å². The Labute approximate surface area is 282 Å². The number of anilines is 1. The van der Waals surface area contributed by atoms with E-state index in [0.29, 0.717) is 18.3 Å². The molecule has 1 N–H and O–H groups in total. The van der Waals surface area contributed by atoms with Crippen LogP contribution < -0.4 is 9.62 Å². The zero-order valence-corrected chi connectivity index (χ0v) is 28.6. The molecule has 248 valence electrons. The molecule has 1 aliphatic heterocycles. The summed E-state index contributed by atoms with van der Waals surface area (Å²) in [6.45, 7) is 3.98. The molecule has 47 heavy (non-hydrogen) atoms. The SMILES string of the molecule is CCCCCCCCC(=O)NS(=O)(=O)c1ccc(N2CCC(c3cccc(CC(CCc4ccccc4)c4ccccc4)c3)C2)cc1. The number of amides is 1. The third-order valence-electron chi connectivity index (χ3n) is 9.51. The molecule has 1 fully saturated rings. The van der Waals surface area contributed by atoms with Crippen molar-refractivity contribution in [1.82, 2.24) is 4.72 Å². The summed E-state index contributed by atoms with van der Waals surface area (Å²) >= 11 is 0. The molecule has 0 saturated carbocycles. The van der Waals surface area contributed by atoms with Gasteiger partial charge in [-0.15, -0.1) is 0 Å². The van der Waals surface area contributed by atoms with Crippen molar-refractivity contribution in [3.63, 3.8) is 0 Å². The maximum atomic E-state index is 12.9. The lowest BCUT2D eigenvalue weighted by Gasteiger charge is -2.20. The van der Waals surface area contributed by atoms with Crippen LogP contribution in [0.4, 0.5) is 5.69 Å². The van der Waals surface area contributed by atoms with E-state index >= 15 is 0 Å². The molecule has 1 saturated heterocycles. The minimum absolute atomic E-state index is 0.126. The van der Waals surface area contributed by atoms with Gasteiger partial charge in [-0.25, -0.2) is 13.1 Å². The Balaban J connectivity index is 1.16. The minimum Gasteiger partial charge on any atom is -0.371 e. The molecular formula is C41H50N2O3S. The summed E-state index contributed by atoms with van der Waals surface area (Å²) in [7, 11) is -3.88. The smallest absolute Gasteiger partial charge is 0.264 e. The predicted octanol–water partition coefficient (Wildman–Crippen LogP) is 9.20. The Morgan fingerprint density at radius 1 is 0.809 bits per heavy atom. The number of aryl methyl sites for hydroxylation is 1. The van der Waals surface area contributed by atoms with E-state index < -0.39 is 15.9 Å². The Morgan fingerprint density at radius 2 is 1.49 bits per heavy atom.